The maximum atomic E-state index is 13.8. The summed E-state index contributed by atoms with van der Waals surface area (Å²) in [5.41, 5.74) is 0.601. The standard InChI is InChI=1S/C13H16FNO4S/c1-8-3-4-10(14)11(7-8)20(18,19)15-6-5-9(2)12(15)13(16)17/h3-4,7,9,12H,5-6H2,1-2H3,(H,16,17). The number of nitrogens with zero attached hydrogens (tertiary/aromatic N) is 1. The molecular formula is C13H16FNO4S. The van der Waals surface area contributed by atoms with Gasteiger partial charge in [0.1, 0.15) is 16.8 Å². The summed E-state index contributed by atoms with van der Waals surface area (Å²) in [7, 11) is -4.14. The number of aliphatic carboxylic acids is 1. The summed E-state index contributed by atoms with van der Waals surface area (Å²) in [5.74, 6) is -2.36. The molecule has 0 spiro atoms. The van der Waals surface area contributed by atoms with E-state index >= 15 is 0 Å². The molecule has 1 saturated heterocycles. The Kier molecular flexibility index (Phi) is 3.84. The monoisotopic (exact) mass is 301 g/mol. The highest BCUT2D eigenvalue weighted by Crippen LogP contribution is 2.31. The van der Waals surface area contributed by atoms with Gasteiger partial charge in [-0.15, -0.1) is 0 Å². The number of hydrogen-bond acceptors (Lipinski definition) is 3. The molecule has 0 amide bonds. The molecular weight excluding hydrogens is 285 g/mol. The first-order valence-electron chi connectivity index (χ1n) is 6.26. The van der Waals surface area contributed by atoms with Crippen LogP contribution in [0, 0.1) is 18.7 Å². The third kappa shape index (κ3) is 2.43. The SMILES string of the molecule is Cc1ccc(F)c(S(=O)(=O)N2CCC(C)C2C(=O)O)c1. The summed E-state index contributed by atoms with van der Waals surface area (Å²) in [5, 5.41) is 9.19. The molecule has 1 aromatic rings. The van der Waals surface area contributed by atoms with Gasteiger partial charge in [0.2, 0.25) is 10.0 Å². The zero-order chi connectivity index (χ0) is 15.1. The van der Waals surface area contributed by atoms with E-state index < -0.39 is 32.7 Å². The predicted octanol–water partition coefficient (Wildman–Crippen LogP) is 1.62. The Morgan fingerprint density at radius 1 is 1.45 bits per heavy atom. The lowest BCUT2D eigenvalue weighted by atomic mass is 10.0. The molecule has 1 aliphatic rings. The van der Waals surface area contributed by atoms with Crippen LogP contribution in [-0.4, -0.2) is 36.4 Å². The van der Waals surface area contributed by atoms with Gasteiger partial charge in [0.15, 0.2) is 0 Å². The highest BCUT2D eigenvalue weighted by molar-refractivity contribution is 7.89. The summed E-state index contributed by atoms with van der Waals surface area (Å²) in [6.07, 6.45) is 0.448. The normalized spacial score (nSPS) is 23.9. The van der Waals surface area contributed by atoms with Gasteiger partial charge in [-0.25, -0.2) is 12.8 Å². The van der Waals surface area contributed by atoms with E-state index in [4.69, 9.17) is 0 Å². The van der Waals surface area contributed by atoms with Gasteiger partial charge in [-0.05, 0) is 37.0 Å². The lowest BCUT2D eigenvalue weighted by molar-refractivity contribution is -0.141. The molecule has 0 radical (unpaired) electrons. The zero-order valence-corrected chi connectivity index (χ0v) is 12.0. The van der Waals surface area contributed by atoms with Gasteiger partial charge in [0.25, 0.3) is 0 Å². The topological polar surface area (TPSA) is 74.7 Å². The van der Waals surface area contributed by atoms with Gasteiger partial charge in [-0.1, -0.05) is 13.0 Å². The second kappa shape index (κ2) is 5.14. The van der Waals surface area contributed by atoms with Crippen molar-refractivity contribution in [3.63, 3.8) is 0 Å². The molecule has 2 atom stereocenters. The molecule has 5 nitrogen and oxygen atoms in total. The number of hydrogen-bond donors (Lipinski definition) is 1. The lowest BCUT2D eigenvalue weighted by Crippen LogP contribution is -2.42. The van der Waals surface area contributed by atoms with Crippen LogP contribution in [0.15, 0.2) is 23.1 Å². The number of halogens is 1. The zero-order valence-electron chi connectivity index (χ0n) is 11.2. The maximum Gasteiger partial charge on any atom is 0.322 e. The maximum absolute atomic E-state index is 13.8. The molecule has 7 heteroatoms. The Labute approximate surface area is 117 Å². The van der Waals surface area contributed by atoms with Crippen molar-refractivity contribution in [2.24, 2.45) is 5.92 Å². The molecule has 1 aliphatic heterocycles. The van der Waals surface area contributed by atoms with Gasteiger partial charge in [-0.2, -0.15) is 4.31 Å². The molecule has 110 valence electrons. The molecule has 1 fully saturated rings. The number of carbonyl (C=O) groups is 1. The summed E-state index contributed by atoms with van der Waals surface area (Å²) in [4.78, 5) is 10.8. The van der Waals surface area contributed by atoms with Crippen LogP contribution in [0.1, 0.15) is 18.9 Å². The van der Waals surface area contributed by atoms with Crippen LogP contribution in [0.2, 0.25) is 0 Å². The van der Waals surface area contributed by atoms with Crippen LogP contribution in [0.25, 0.3) is 0 Å². The van der Waals surface area contributed by atoms with Crippen molar-refractivity contribution in [1.82, 2.24) is 4.31 Å². The van der Waals surface area contributed by atoms with Crippen LogP contribution >= 0.6 is 0 Å². The van der Waals surface area contributed by atoms with Gasteiger partial charge in [-0.3, -0.25) is 4.79 Å². The first-order valence-corrected chi connectivity index (χ1v) is 7.70. The van der Waals surface area contributed by atoms with Crippen molar-refractivity contribution in [1.29, 1.82) is 0 Å². The minimum atomic E-state index is -4.14. The molecule has 2 rings (SSSR count). The fourth-order valence-electron chi connectivity index (χ4n) is 2.48. The van der Waals surface area contributed by atoms with Crippen molar-refractivity contribution >= 4 is 16.0 Å². The summed E-state index contributed by atoms with van der Waals surface area (Å²) >= 11 is 0. The molecule has 0 aliphatic carbocycles. The van der Waals surface area contributed by atoms with Crippen LogP contribution in [-0.2, 0) is 14.8 Å². The van der Waals surface area contributed by atoms with Gasteiger partial charge in [0, 0.05) is 6.54 Å². The van der Waals surface area contributed by atoms with E-state index in [1.54, 1.807) is 13.8 Å². The third-order valence-corrected chi connectivity index (χ3v) is 5.48. The van der Waals surface area contributed by atoms with Gasteiger partial charge in [0.05, 0.1) is 0 Å². The number of sulfonamides is 1. The van der Waals surface area contributed by atoms with Crippen LogP contribution in [0.5, 0.6) is 0 Å². The van der Waals surface area contributed by atoms with Gasteiger partial charge >= 0.3 is 5.97 Å². The van der Waals surface area contributed by atoms with Crippen molar-refractivity contribution in [3.8, 4) is 0 Å². The number of carboxylic acids is 1. The number of aryl methyl sites for hydroxylation is 1. The fourth-order valence-corrected chi connectivity index (χ4v) is 4.33. The van der Waals surface area contributed by atoms with Crippen molar-refractivity contribution in [2.75, 3.05) is 6.54 Å². The van der Waals surface area contributed by atoms with E-state index in [2.05, 4.69) is 0 Å². The smallest absolute Gasteiger partial charge is 0.322 e. The number of rotatable bonds is 3. The Balaban J connectivity index is 2.50. The summed E-state index contributed by atoms with van der Waals surface area (Å²) in [6, 6.07) is 2.64. The minimum absolute atomic E-state index is 0.0911. The second-order valence-corrected chi connectivity index (χ2v) is 6.96. The Morgan fingerprint density at radius 2 is 2.10 bits per heavy atom. The van der Waals surface area contributed by atoms with E-state index in [9.17, 15) is 22.7 Å². The molecule has 0 bridgehead atoms. The average molecular weight is 301 g/mol. The lowest BCUT2D eigenvalue weighted by Gasteiger charge is -2.23. The Bertz CT molecular complexity index is 644. The highest BCUT2D eigenvalue weighted by Gasteiger charge is 2.44. The minimum Gasteiger partial charge on any atom is -0.480 e. The molecule has 0 aromatic heterocycles. The third-order valence-electron chi connectivity index (χ3n) is 3.58. The molecule has 1 heterocycles. The first-order chi connectivity index (χ1) is 9.25. The van der Waals surface area contributed by atoms with E-state index in [0.29, 0.717) is 12.0 Å². The van der Waals surface area contributed by atoms with Gasteiger partial charge < -0.3 is 5.11 Å². The second-order valence-electron chi connectivity index (χ2n) is 5.10. The molecule has 20 heavy (non-hydrogen) atoms. The van der Waals surface area contributed by atoms with Crippen LogP contribution in [0.4, 0.5) is 4.39 Å². The van der Waals surface area contributed by atoms with E-state index in [1.165, 1.54) is 12.1 Å². The Morgan fingerprint density at radius 3 is 2.70 bits per heavy atom. The molecule has 1 aromatic carbocycles. The summed E-state index contributed by atoms with van der Waals surface area (Å²) in [6.45, 7) is 3.43. The average Bonchev–Trinajstić information content (AvgIpc) is 2.75. The predicted molar refractivity (Wildman–Crippen MR) is 70.2 cm³/mol. The van der Waals surface area contributed by atoms with Crippen molar-refractivity contribution < 1.29 is 22.7 Å². The summed E-state index contributed by atoms with van der Waals surface area (Å²) < 4.78 is 39.7. The molecule has 1 N–H and O–H groups in total. The first kappa shape index (κ1) is 14.9. The van der Waals surface area contributed by atoms with Crippen LogP contribution in [0.3, 0.4) is 0 Å². The molecule has 0 saturated carbocycles. The quantitative estimate of drug-likeness (QED) is 0.920. The van der Waals surface area contributed by atoms with E-state index in [-0.39, 0.29) is 12.5 Å². The number of benzene rings is 1. The van der Waals surface area contributed by atoms with Crippen molar-refractivity contribution in [3.05, 3.63) is 29.6 Å². The van der Waals surface area contributed by atoms with E-state index in [1.807, 2.05) is 0 Å². The highest BCUT2D eigenvalue weighted by atomic mass is 32.2. The van der Waals surface area contributed by atoms with Crippen molar-refractivity contribution in [2.45, 2.75) is 31.2 Å². The molecule has 2 unspecified atom stereocenters. The fraction of sp³-hybridized carbons (Fsp3) is 0.462. The Hall–Kier alpha value is -1.47. The van der Waals surface area contributed by atoms with Crippen LogP contribution < -0.4 is 0 Å². The number of carboxylic acid groups (broad SMARTS) is 1. The largest absolute Gasteiger partial charge is 0.480 e. The van der Waals surface area contributed by atoms with E-state index in [0.717, 1.165) is 10.4 Å².